The number of nitrogen functional groups attached to an aromatic ring is 1. The Labute approximate surface area is 95.8 Å². The molecule has 1 aliphatic rings. The van der Waals surface area contributed by atoms with E-state index in [1.807, 2.05) is 18.2 Å². The van der Waals surface area contributed by atoms with Gasteiger partial charge < -0.3 is 21.5 Å². The van der Waals surface area contributed by atoms with Crippen LogP contribution in [0.2, 0.25) is 0 Å². The smallest absolute Gasteiger partial charge is 0.0782 e. The maximum absolute atomic E-state index is 9.60. The van der Waals surface area contributed by atoms with Gasteiger partial charge in [0.2, 0.25) is 0 Å². The van der Waals surface area contributed by atoms with E-state index in [4.69, 9.17) is 11.5 Å². The number of anilines is 2. The van der Waals surface area contributed by atoms with Crippen molar-refractivity contribution in [3.8, 4) is 0 Å². The van der Waals surface area contributed by atoms with Crippen LogP contribution in [0, 0.1) is 0 Å². The van der Waals surface area contributed by atoms with E-state index in [0.717, 1.165) is 30.8 Å². The molecule has 1 aliphatic heterocycles. The molecule has 0 amide bonds. The van der Waals surface area contributed by atoms with Crippen LogP contribution >= 0.6 is 0 Å². The third-order valence-corrected chi connectivity index (χ3v) is 3.11. The number of aliphatic hydroxyl groups excluding tert-OH is 1. The maximum atomic E-state index is 9.60. The number of nitrogens with zero attached hydrogens (tertiary/aromatic N) is 1. The Hall–Kier alpha value is -1.26. The highest BCUT2D eigenvalue weighted by atomic mass is 16.3. The molecule has 88 valence electrons. The maximum Gasteiger partial charge on any atom is 0.0782 e. The molecular formula is C12H19N3O. The summed E-state index contributed by atoms with van der Waals surface area (Å²) in [5.74, 6) is 0. The number of hydrogen-bond acceptors (Lipinski definition) is 4. The van der Waals surface area contributed by atoms with Crippen LogP contribution in [0.5, 0.6) is 0 Å². The van der Waals surface area contributed by atoms with Crippen LogP contribution in [0.15, 0.2) is 18.2 Å². The Morgan fingerprint density at radius 2 is 2.25 bits per heavy atom. The normalized spacial score (nSPS) is 22.4. The standard InChI is InChI=1S/C12H19N3O/c1-8(16)11-6-10(2-3-12(11)14)15-5-4-9(13)7-15/h2-3,6,8-9,16H,4-5,7,13-14H2,1H3. The molecule has 1 aromatic rings. The highest BCUT2D eigenvalue weighted by molar-refractivity contribution is 5.59. The van der Waals surface area contributed by atoms with E-state index in [1.54, 1.807) is 6.92 Å². The summed E-state index contributed by atoms with van der Waals surface area (Å²) in [6.45, 7) is 3.58. The van der Waals surface area contributed by atoms with Crippen molar-refractivity contribution in [3.05, 3.63) is 23.8 Å². The van der Waals surface area contributed by atoms with E-state index in [2.05, 4.69) is 4.90 Å². The van der Waals surface area contributed by atoms with Crippen molar-refractivity contribution in [2.75, 3.05) is 23.7 Å². The molecule has 0 spiro atoms. The van der Waals surface area contributed by atoms with E-state index in [0.29, 0.717) is 5.69 Å². The summed E-state index contributed by atoms with van der Waals surface area (Å²) in [6.07, 6.45) is 0.491. The molecule has 2 rings (SSSR count). The van der Waals surface area contributed by atoms with Crippen LogP contribution in [0.3, 0.4) is 0 Å². The predicted octanol–water partition coefficient (Wildman–Crippen LogP) is 0.859. The van der Waals surface area contributed by atoms with Crippen LogP contribution in [-0.4, -0.2) is 24.2 Å². The largest absolute Gasteiger partial charge is 0.398 e. The molecule has 16 heavy (non-hydrogen) atoms. The van der Waals surface area contributed by atoms with Gasteiger partial charge in [-0.05, 0) is 31.5 Å². The first kappa shape index (κ1) is 11.2. The van der Waals surface area contributed by atoms with Crippen molar-refractivity contribution in [1.82, 2.24) is 0 Å². The van der Waals surface area contributed by atoms with Gasteiger partial charge in [0, 0.05) is 36.1 Å². The van der Waals surface area contributed by atoms with Gasteiger partial charge in [-0.3, -0.25) is 0 Å². The zero-order valence-electron chi connectivity index (χ0n) is 9.56. The topological polar surface area (TPSA) is 75.5 Å². The average Bonchev–Trinajstić information content (AvgIpc) is 2.65. The SMILES string of the molecule is CC(O)c1cc(N2CCC(N)C2)ccc1N. The summed E-state index contributed by atoms with van der Waals surface area (Å²) in [7, 11) is 0. The lowest BCUT2D eigenvalue weighted by Crippen LogP contribution is -2.26. The van der Waals surface area contributed by atoms with Gasteiger partial charge in [-0.15, -0.1) is 0 Å². The molecule has 4 nitrogen and oxygen atoms in total. The van der Waals surface area contributed by atoms with Gasteiger partial charge in [0.15, 0.2) is 0 Å². The molecule has 1 saturated heterocycles. The van der Waals surface area contributed by atoms with Crippen molar-refractivity contribution >= 4 is 11.4 Å². The zero-order chi connectivity index (χ0) is 11.7. The number of rotatable bonds is 2. The van der Waals surface area contributed by atoms with Gasteiger partial charge in [0.05, 0.1) is 6.10 Å². The number of benzene rings is 1. The van der Waals surface area contributed by atoms with Crippen LogP contribution in [0.25, 0.3) is 0 Å². The van der Waals surface area contributed by atoms with Crippen molar-refractivity contribution in [3.63, 3.8) is 0 Å². The third-order valence-electron chi connectivity index (χ3n) is 3.11. The van der Waals surface area contributed by atoms with Gasteiger partial charge in [0.25, 0.3) is 0 Å². The molecule has 1 fully saturated rings. The minimum Gasteiger partial charge on any atom is -0.398 e. The summed E-state index contributed by atoms with van der Waals surface area (Å²) in [5.41, 5.74) is 14.2. The minimum atomic E-state index is -0.531. The molecule has 2 atom stereocenters. The van der Waals surface area contributed by atoms with Crippen LogP contribution in [-0.2, 0) is 0 Å². The Morgan fingerprint density at radius 3 is 2.81 bits per heavy atom. The molecule has 0 radical (unpaired) electrons. The molecule has 0 saturated carbocycles. The Bertz CT molecular complexity index is 379. The second-order valence-corrected chi connectivity index (χ2v) is 4.48. The van der Waals surface area contributed by atoms with Crippen molar-refractivity contribution in [2.45, 2.75) is 25.5 Å². The third kappa shape index (κ3) is 2.13. The fourth-order valence-corrected chi connectivity index (χ4v) is 2.14. The molecule has 1 aromatic carbocycles. The Balaban J connectivity index is 2.25. The lowest BCUT2D eigenvalue weighted by molar-refractivity contribution is 0.200. The van der Waals surface area contributed by atoms with E-state index >= 15 is 0 Å². The first-order valence-corrected chi connectivity index (χ1v) is 5.66. The van der Waals surface area contributed by atoms with E-state index in [-0.39, 0.29) is 6.04 Å². The second-order valence-electron chi connectivity index (χ2n) is 4.48. The summed E-state index contributed by atoms with van der Waals surface area (Å²) in [5, 5.41) is 9.60. The predicted molar refractivity (Wildman–Crippen MR) is 66.3 cm³/mol. The number of nitrogens with two attached hydrogens (primary N) is 2. The summed E-state index contributed by atoms with van der Waals surface area (Å²) >= 11 is 0. The number of hydrogen-bond donors (Lipinski definition) is 3. The van der Waals surface area contributed by atoms with Gasteiger partial charge in [0.1, 0.15) is 0 Å². The second kappa shape index (κ2) is 4.31. The fourth-order valence-electron chi connectivity index (χ4n) is 2.14. The van der Waals surface area contributed by atoms with E-state index in [9.17, 15) is 5.11 Å². The van der Waals surface area contributed by atoms with Crippen molar-refractivity contribution < 1.29 is 5.11 Å². The molecule has 0 aromatic heterocycles. The van der Waals surface area contributed by atoms with E-state index in [1.165, 1.54) is 0 Å². The summed E-state index contributed by atoms with van der Waals surface area (Å²) in [6, 6.07) is 6.05. The lowest BCUT2D eigenvalue weighted by atomic mass is 10.1. The van der Waals surface area contributed by atoms with Gasteiger partial charge in [-0.25, -0.2) is 0 Å². The lowest BCUT2D eigenvalue weighted by Gasteiger charge is -2.20. The molecule has 1 heterocycles. The monoisotopic (exact) mass is 221 g/mol. The highest BCUT2D eigenvalue weighted by Gasteiger charge is 2.20. The Morgan fingerprint density at radius 1 is 1.50 bits per heavy atom. The molecule has 2 unspecified atom stereocenters. The Kier molecular flexibility index (Phi) is 3.03. The average molecular weight is 221 g/mol. The van der Waals surface area contributed by atoms with Crippen molar-refractivity contribution in [2.24, 2.45) is 5.73 Å². The quantitative estimate of drug-likeness (QED) is 0.647. The zero-order valence-corrected chi connectivity index (χ0v) is 9.56. The summed E-state index contributed by atoms with van der Waals surface area (Å²) < 4.78 is 0. The van der Waals surface area contributed by atoms with Gasteiger partial charge in [-0.1, -0.05) is 0 Å². The highest BCUT2D eigenvalue weighted by Crippen LogP contribution is 2.27. The first-order valence-electron chi connectivity index (χ1n) is 5.66. The molecular weight excluding hydrogens is 202 g/mol. The molecule has 5 N–H and O–H groups in total. The van der Waals surface area contributed by atoms with Crippen molar-refractivity contribution in [1.29, 1.82) is 0 Å². The minimum absolute atomic E-state index is 0.257. The van der Waals surface area contributed by atoms with Crippen LogP contribution in [0.4, 0.5) is 11.4 Å². The van der Waals surface area contributed by atoms with Gasteiger partial charge in [-0.2, -0.15) is 0 Å². The number of aliphatic hydroxyl groups is 1. The van der Waals surface area contributed by atoms with Crippen LogP contribution in [0.1, 0.15) is 25.0 Å². The van der Waals surface area contributed by atoms with Gasteiger partial charge >= 0.3 is 0 Å². The summed E-state index contributed by atoms with van der Waals surface area (Å²) in [4.78, 5) is 2.23. The molecule has 0 bridgehead atoms. The van der Waals surface area contributed by atoms with Crippen LogP contribution < -0.4 is 16.4 Å². The molecule has 0 aliphatic carbocycles. The molecule has 4 heteroatoms. The van der Waals surface area contributed by atoms with E-state index < -0.39 is 6.10 Å². The fraction of sp³-hybridized carbons (Fsp3) is 0.500. The first-order chi connectivity index (χ1) is 7.58.